The molecule has 1 unspecified atom stereocenters. The lowest BCUT2D eigenvalue weighted by Gasteiger charge is -2.16. The predicted octanol–water partition coefficient (Wildman–Crippen LogP) is 4.27. The standard InChI is InChI=1S/C15H11BrF3NO2/c1-8(22-14-3-2-9(17)7-13(14)16)15(21)20-12-5-10(18)4-11(19)6-12/h2-8H,1H3,(H,20,21). The van der Waals surface area contributed by atoms with Crippen LogP contribution in [0.5, 0.6) is 5.75 Å². The van der Waals surface area contributed by atoms with E-state index in [-0.39, 0.29) is 11.4 Å². The average molecular weight is 374 g/mol. The van der Waals surface area contributed by atoms with Gasteiger partial charge in [-0.1, -0.05) is 0 Å². The van der Waals surface area contributed by atoms with E-state index in [0.29, 0.717) is 10.5 Å². The Bertz CT molecular complexity index is 689. The molecular formula is C15H11BrF3NO2. The summed E-state index contributed by atoms with van der Waals surface area (Å²) in [7, 11) is 0. The van der Waals surface area contributed by atoms with Gasteiger partial charge in [-0.25, -0.2) is 13.2 Å². The summed E-state index contributed by atoms with van der Waals surface area (Å²) in [5.41, 5.74) is -0.0175. The molecule has 0 aliphatic heterocycles. The molecule has 0 radical (unpaired) electrons. The van der Waals surface area contributed by atoms with Gasteiger partial charge in [-0.15, -0.1) is 0 Å². The summed E-state index contributed by atoms with van der Waals surface area (Å²) < 4.78 is 44.8. The first kappa shape index (κ1) is 16.4. The third-order valence-corrected chi connectivity index (χ3v) is 3.32. The number of amides is 1. The Balaban J connectivity index is 2.05. The van der Waals surface area contributed by atoms with Gasteiger partial charge in [-0.2, -0.15) is 0 Å². The minimum Gasteiger partial charge on any atom is -0.480 e. The highest BCUT2D eigenvalue weighted by Crippen LogP contribution is 2.26. The molecule has 0 aliphatic rings. The fourth-order valence-electron chi connectivity index (χ4n) is 1.68. The van der Waals surface area contributed by atoms with Gasteiger partial charge in [0.25, 0.3) is 5.91 Å². The predicted molar refractivity (Wildman–Crippen MR) is 79.2 cm³/mol. The summed E-state index contributed by atoms with van der Waals surface area (Å²) in [6.07, 6.45) is -0.951. The summed E-state index contributed by atoms with van der Waals surface area (Å²) in [5, 5.41) is 2.34. The van der Waals surface area contributed by atoms with Gasteiger partial charge in [0.05, 0.1) is 4.47 Å². The molecule has 0 saturated carbocycles. The number of hydrogen-bond acceptors (Lipinski definition) is 2. The minimum absolute atomic E-state index is 0.0175. The Kier molecular flexibility index (Phi) is 5.07. The summed E-state index contributed by atoms with van der Waals surface area (Å²) in [6, 6.07) is 6.42. The molecular weight excluding hydrogens is 363 g/mol. The van der Waals surface area contributed by atoms with Crippen LogP contribution in [0.2, 0.25) is 0 Å². The maximum Gasteiger partial charge on any atom is 0.265 e. The number of benzene rings is 2. The highest BCUT2D eigenvalue weighted by molar-refractivity contribution is 9.10. The van der Waals surface area contributed by atoms with Gasteiger partial charge >= 0.3 is 0 Å². The molecule has 0 fully saturated rings. The van der Waals surface area contributed by atoms with Crippen LogP contribution in [0.4, 0.5) is 18.9 Å². The van der Waals surface area contributed by atoms with Crippen LogP contribution in [0.15, 0.2) is 40.9 Å². The van der Waals surface area contributed by atoms with Gasteiger partial charge in [0.2, 0.25) is 0 Å². The Morgan fingerprint density at radius 1 is 1.09 bits per heavy atom. The Morgan fingerprint density at radius 2 is 1.73 bits per heavy atom. The first-order valence-electron chi connectivity index (χ1n) is 6.24. The topological polar surface area (TPSA) is 38.3 Å². The van der Waals surface area contributed by atoms with Crippen molar-refractivity contribution in [1.29, 1.82) is 0 Å². The van der Waals surface area contributed by atoms with Crippen molar-refractivity contribution in [3.63, 3.8) is 0 Å². The normalized spacial score (nSPS) is 11.9. The highest BCUT2D eigenvalue weighted by atomic mass is 79.9. The third-order valence-electron chi connectivity index (χ3n) is 2.70. The molecule has 22 heavy (non-hydrogen) atoms. The first-order valence-corrected chi connectivity index (χ1v) is 7.03. The summed E-state index contributed by atoms with van der Waals surface area (Å²) in [6.45, 7) is 1.46. The second-order valence-corrected chi connectivity index (χ2v) is 5.34. The van der Waals surface area contributed by atoms with Gasteiger partial charge in [-0.3, -0.25) is 4.79 Å². The van der Waals surface area contributed by atoms with E-state index < -0.39 is 29.5 Å². The van der Waals surface area contributed by atoms with Crippen molar-refractivity contribution in [2.75, 3.05) is 5.32 Å². The molecule has 0 aliphatic carbocycles. The summed E-state index contributed by atoms with van der Waals surface area (Å²) >= 11 is 3.11. The van der Waals surface area contributed by atoms with Gasteiger partial charge in [0, 0.05) is 11.8 Å². The second-order valence-electron chi connectivity index (χ2n) is 4.48. The van der Waals surface area contributed by atoms with Crippen LogP contribution in [-0.2, 0) is 4.79 Å². The zero-order valence-electron chi connectivity index (χ0n) is 11.4. The molecule has 116 valence electrons. The summed E-state index contributed by atoms with van der Waals surface area (Å²) in [4.78, 5) is 11.9. The third kappa shape index (κ3) is 4.24. The second kappa shape index (κ2) is 6.83. The molecule has 1 N–H and O–H groups in total. The highest BCUT2D eigenvalue weighted by Gasteiger charge is 2.17. The molecule has 2 aromatic rings. The van der Waals surface area contributed by atoms with E-state index in [2.05, 4.69) is 21.2 Å². The number of carbonyl (C=O) groups excluding carboxylic acids is 1. The van der Waals surface area contributed by atoms with Gasteiger partial charge in [0.1, 0.15) is 23.2 Å². The van der Waals surface area contributed by atoms with E-state index in [1.165, 1.54) is 25.1 Å². The monoisotopic (exact) mass is 373 g/mol. The van der Waals surface area contributed by atoms with Crippen LogP contribution in [0.25, 0.3) is 0 Å². The van der Waals surface area contributed by atoms with Crippen molar-refractivity contribution in [1.82, 2.24) is 0 Å². The van der Waals surface area contributed by atoms with Crippen LogP contribution in [0.3, 0.4) is 0 Å². The van der Waals surface area contributed by atoms with Gasteiger partial charge < -0.3 is 10.1 Å². The van der Waals surface area contributed by atoms with Crippen LogP contribution in [-0.4, -0.2) is 12.0 Å². The number of ether oxygens (including phenoxy) is 1. The number of hydrogen-bond donors (Lipinski definition) is 1. The van der Waals surface area contributed by atoms with Crippen molar-refractivity contribution in [3.8, 4) is 5.75 Å². The molecule has 2 aromatic carbocycles. The molecule has 0 aromatic heterocycles. The summed E-state index contributed by atoms with van der Waals surface area (Å²) in [5.74, 6) is -2.38. The lowest BCUT2D eigenvalue weighted by molar-refractivity contribution is -0.122. The molecule has 0 spiro atoms. The van der Waals surface area contributed by atoms with E-state index >= 15 is 0 Å². The smallest absolute Gasteiger partial charge is 0.265 e. The molecule has 7 heteroatoms. The van der Waals surface area contributed by atoms with Crippen LogP contribution in [0, 0.1) is 17.5 Å². The average Bonchev–Trinajstić information content (AvgIpc) is 2.40. The number of rotatable bonds is 4. The number of anilines is 1. The number of carbonyl (C=O) groups is 1. The van der Waals surface area contributed by atoms with Crippen molar-refractivity contribution < 1.29 is 22.7 Å². The molecule has 1 amide bonds. The Hall–Kier alpha value is -2.02. The lowest BCUT2D eigenvalue weighted by Crippen LogP contribution is -2.30. The van der Waals surface area contributed by atoms with Crippen molar-refractivity contribution >= 4 is 27.5 Å². The molecule has 0 heterocycles. The molecule has 0 bridgehead atoms. The maximum atomic E-state index is 13.1. The van der Waals surface area contributed by atoms with E-state index in [9.17, 15) is 18.0 Å². The molecule has 1 atom stereocenters. The van der Waals surface area contributed by atoms with Crippen LogP contribution >= 0.6 is 15.9 Å². The number of halogens is 4. The first-order chi connectivity index (χ1) is 10.3. The van der Waals surface area contributed by atoms with Gasteiger partial charge in [0.15, 0.2) is 6.10 Å². The van der Waals surface area contributed by atoms with E-state index in [1.807, 2.05) is 0 Å². The maximum absolute atomic E-state index is 13.1. The zero-order valence-corrected chi connectivity index (χ0v) is 13.0. The van der Waals surface area contributed by atoms with Crippen LogP contribution < -0.4 is 10.1 Å². The quantitative estimate of drug-likeness (QED) is 0.868. The van der Waals surface area contributed by atoms with Crippen molar-refractivity contribution in [3.05, 3.63) is 58.3 Å². The number of nitrogens with one attached hydrogen (secondary N) is 1. The van der Waals surface area contributed by atoms with Crippen molar-refractivity contribution in [2.45, 2.75) is 13.0 Å². The largest absolute Gasteiger partial charge is 0.480 e. The molecule has 0 saturated heterocycles. The minimum atomic E-state index is -0.951. The Morgan fingerprint density at radius 3 is 2.32 bits per heavy atom. The molecule has 2 rings (SSSR count). The lowest BCUT2D eigenvalue weighted by atomic mass is 10.2. The van der Waals surface area contributed by atoms with Crippen molar-refractivity contribution in [2.24, 2.45) is 0 Å². The fourth-order valence-corrected chi connectivity index (χ4v) is 2.13. The Labute approximate surface area is 133 Å². The van der Waals surface area contributed by atoms with Gasteiger partial charge in [-0.05, 0) is 53.2 Å². The van der Waals surface area contributed by atoms with E-state index in [1.54, 1.807) is 0 Å². The van der Waals surface area contributed by atoms with E-state index in [0.717, 1.165) is 12.1 Å². The molecule has 3 nitrogen and oxygen atoms in total. The fraction of sp³-hybridized carbons (Fsp3) is 0.133. The van der Waals surface area contributed by atoms with Crippen LogP contribution in [0.1, 0.15) is 6.92 Å². The van der Waals surface area contributed by atoms with E-state index in [4.69, 9.17) is 4.74 Å². The zero-order chi connectivity index (χ0) is 16.3. The SMILES string of the molecule is CC(Oc1ccc(F)cc1Br)C(=O)Nc1cc(F)cc(F)c1.